The molecule has 0 aromatic carbocycles. The molecular weight excluding hydrogens is 248 g/mol. The lowest BCUT2D eigenvalue weighted by Crippen LogP contribution is -2.31. The number of likely N-dealkylation sites (N-methyl/N-ethyl adjacent to an activating group) is 1. The van der Waals surface area contributed by atoms with Crippen molar-refractivity contribution in [2.75, 3.05) is 38.1 Å². The molecule has 1 saturated heterocycles. The summed E-state index contributed by atoms with van der Waals surface area (Å²) < 4.78 is 0. The molecule has 0 bridgehead atoms. The fraction of sp³-hybridized carbons (Fsp3) is 0.692. The number of rotatable bonds is 5. The molecule has 100 valence electrons. The van der Waals surface area contributed by atoms with Crippen molar-refractivity contribution in [1.82, 2.24) is 14.9 Å². The summed E-state index contributed by atoms with van der Waals surface area (Å²) in [6.07, 6.45) is 3.49. The largest absolute Gasteiger partial charge is 0.358 e. The molecule has 0 saturated carbocycles. The van der Waals surface area contributed by atoms with Gasteiger partial charge in [-0.3, -0.25) is 0 Å². The SMILES string of the molecule is CCc1nc(Cl)cc(N(C)CCN2CCCC2)n1. The summed E-state index contributed by atoms with van der Waals surface area (Å²) >= 11 is 6.01. The molecule has 0 amide bonds. The first-order valence-corrected chi connectivity index (χ1v) is 7.04. The molecule has 0 spiro atoms. The highest BCUT2D eigenvalue weighted by Crippen LogP contribution is 2.15. The zero-order valence-corrected chi connectivity index (χ0v) is 11.9. The Hall–Kier alpha value is -0.870. The van der Waals surface area contributed by atoms with Crippen LogP contribution in [0, 0.1) is 0 Å². The Labute approximate surface area is 114 Å². The van der Waals surface area contributed by atoms with Crippen LogP contribution in [0.25, 0.3) is 0 Å². The zero-order valence-electron chi connectivity index (χ0n) is 11.2. The van der Waals surface area contributed by atoms with Gasteiger partial charge in [-0.15, -0.1) is 0 Å². The van der Waals surface area contributed by atoms with Gasteiger partial charge in [0, 0.05) is 32.6 Å². The fourth-order valence-corrected chi connectivity index (χ4v) is 2.41. The van der Waals surface area contributed by atoms with Gasteiger partial charge in [0.25, 0.3) is 0 Å². The summed E-state index contributed by atoms with van der Waals surface area (Å²) in [4.78, 5) is 13.4. The summed E-state index contributed by atoms with van der Waals surface area (Å²) in [5.41, 5.74) is 0. The van der Waals surface area contributed by atoms with Gasteiger partial charge in [-0.25, -0.2) is 9.97 Å². The van der Waals surface area contributed by atoms with Crippen molar-refractivity contribution in [2.45, 2.75) is 26.2 Å². The summed E-state index contributed by atoms with van der Waals surface area (Å²) in [7, 11) is 2.06. The van der Waals surface area contributed by atoms with E-state index >= 15 is 0 Å². The molecule has 1 aromatic rings. The number of halogens is 1. The van der Waals surface area contributed by atoms with Gasteiger partial charge in [0.15, 0.2) is 0 Å². The van der Waals surface area contributed by atoms with E-state index in [-0.39, 0.29) is 0 Å². The molecule has 0 N–H and O–H groups in total. The minimum atomic E-state index is 0.532. The van der Waals surface area contributed by atoms with E-state index in [1.165, 1.54) is 25.9 Å². The molecular formula is C13H21ClN4. The maximum Gasteiger partial charge on any atom is 0.134 e. The number of hydrogen-bond acceptors (Lipinski definition) is 4. The molecule has 0 aliphatic carbocycles. The van der Waals surface area contributed by atoms with Crippen molar-refractivity contribution in [2.24, 2.45) is 0 Å². The van der Waals surface area contributed by atoms with Crippen LogP contribution in [0.4, 0.5) is 5.82 Å². The van der Waals surface area contributed by atoms with Gasteiger partial charge in [0.05, 0.1) is 0 Å². The van der Waals surface area contributed by atoms with Crippen LogP contribution in [-0.4, -0.2) is 48.1 Å². The van der Waals surface area contributed by atoms with Gasteiger partial charge in [-0.2, -0.15) is 0 Å². The Kier molecular flexibility index (Phi) is 4.78. The lowest BCUT2D eigenvalue weighted by atomic mass is 10.4. The van der Waals surface area contributed by atoms with Crippen molar-refractivity contribution < 1.29 is 0 Å². The third-order valence-corrected chi connectivity index (χ3v) is 3.58. The van der Waals surface area contributed by atoms with Gasteiger partial charge in [-0.1, -0.05) is 18.5 Å². The first-order chi connectivity index (χ1) is 8.69. The quantitative estimate of drug-likeness (QED) is 0.767. The highest BCUT2D eigenvalue weighted by molar-refractivity contribution is 6.29. The lowest BCUT2D eigenvalue weighted by molar-refractivity contribution is 0.346. The van der Waals surface area contributed by atoms with Crippen molar-refractivity contribution in [1.29, 1.82) is 0 Å². The van der Waals surface area contributed by atoms with E-state index in [9.17, 15) is 0 Å². The molecule has 5 heteroatoms. The van der Waals surface area contributed by atoms with Crippen LogP contribution >= 0.6 is 11.6 Å². The second-order valence-corrected chi connectivity index (χ2v) is 5.18. The molecule has 0 unspecified atom stereocenters. The minimum Gasteiger partial charge on any atom is -0.358 e. The van der Waals surface area contributed by atoms with Gasteiger partial charge < -0.3 is 9.80 Å². The van der Waals surface area contributed by atoms with Crippen molar-refractivity contribution >= 4 is 17.4 Å². The Morgan fingerprint density at radius 2 is 2.06 bits per heavy atom. The van der Waals surface area contributed by atoms with E-state index in [1.807, 2.05) is 13.0 Å². The normalized spacial score (nSPS) is 16.2. The average molecular weight is 269 g/mol. The van der Waals surface area contributed by atoms with Crippen LogP contribution in [0.1, 0.15) is 25.6 Å². The molecule has 1 aromatic heterocycles. The molecule has 1 aliphatic rings. The van der Waals surface area contributed by atoms with Gasteiger partial charge in [0.1, 0.15) is 16.8 Å². The van der Waals surface area contributed by atoms with Gasteiger partial charge >= 0.3 is 0 Å². The summed E-state index contributed by atoms with van der Waals surface area (Å²) in [5, 5.41) is 0.532. The van der Waals surface area contributed by atoms with Crippen LogP contribution in [0.15, 0.2) is 6.07 Å². The van der Waals surface area contributed by atoms with E-state index in [4.69, 9.17) is 11.6 Å². The van der Waals surface area contributed by atoms with E-state index in [1.54, 1.807) is 0 Å². The lowest BCUT2D eigenvalue weighted by Gasteiger charge is -2.22. The number of aromatic nitrogens is 2. The second kappa shape index (κ2) is 6.34. The Morgan fingerprint density at radius 1 is 1.33 bits per heavy atom. The minimum absolute atomic E-state index is 0.532. The van der Waals surface area contributed by atoms with Crippen LogP contribution < -0.4 is 4.90 Å². The molecule has 0 atom stereocenters. The molecule has 1 aliphatic heterocycles. The van der Waals surface area contributed by atoms with Gasteiger partial charge in [0.2, 0.25) is 0 Å². The topological polar surface area (TPSA) is 32.3 Å². The first kappa shape index (κ1) is 13.6. The Bertz CT molecular complexity index is 391. The smallest absolute Gasteiger partial charge is 0.134 e. The monoisotopic (exact) mass is 268 g/mol. The van der Waals surface area contributed by atoms with Crippen molar-refractivity contribution in [3.05, 3.63) is 17.0 Å². The predicted molar refractivity (Wildman–Crippen MR) is 75.4 cm³/mol. The standard InChI is InChI=1S/C13H21ClN4/c1-3-12-15-11(14)10-13(16-12)17(2)8-9-18-6-4-5-7-18/h10H,3-9H2,1-2H3. The number of hydrogen-bond donors (Lipinski definition) is 0. The van der Waals surface area contributed by atoms with E-state index in [0.717, 1.165) is 31.2 Å². The highest BCUT2D eigenvalue weighted by atomic mass is 35.5. The zero-order chi connectivity index (χ0) is 13.0. The molecule has 1 fully saturated rings. The fourth-order valence-electron chi connectivity index (χ4n) is 2.22. The number of likely N-dealkylation sites (tertiary alicyclic amines) is 1. The number of nitrogens with zero attached hydrogens (tertiary/aromatic N) is 4. The van der Waals surface area contributed by atoms with Crippen molar-refractivity contribution in [3.8, 4) is 0 Å². The van der Waals surface area contributed by atoms with Gasteiger partial charge in [-0.05, 0) is 25.9 Å². The van der Waals surface area contributed by atoms with Crippen LogP contribution in [0.2, 0.25) is 5.15 Å². The van der Waals surface area contributed by atoms with Crippen molar-refractivity contribution in [3.63, 3.8) is 0 Å². The summed E-state index contributed by atoms with van der Waals surface area (Å²) in [6, 6.07) is 1.84. The third-order valence-electron chi connectivity index (χ3n) is 3.39. The highest BCUT2D eigenvalue weighted by Gasteiger charge is 2.13. The summed E-state index contributed by atoms with van der Waals surface area (Å²) in [5.74, 6) is 1.73. The number of anilines is 1. The maximum atomic E-state index is 6.01. The van der Waals surface area contributed by atoms with E-state index < -0.39 is 0 Å². The maximum absolute atomic E-state index is 6.01. The molecule has 18 heavy (non-hydrogen) atoms. The predicted octanol–water partition coefficient (Wildman–Crippen LogP) is 2.22. The number of aryl methyl sites for hydroxylation is 1. The van der Waals surface area contributed by atoms with Crippen LogP contribution in [0.5, 0.6) is 0 Å². The Morgan fingerprint density at radius 3 is 2.72 bits per heavy atom. The first-order valence-electron chi connectivity index (χ1n) is 6.66. The van der Waals surface area contributed by atoms with Crippen LogP contribution in [0.3, 0.4) is 0 Å². The van der Waals surface area contributed by atoms with Crippen LogP contribution in [-0.2, 0) is 6.42 Å². The molecule has 2 heterocycles. The van der Waals surface area contributed by atoms with E-state index in [0.29, 0.717) is 5.15 Å². The van der Waals surface area contributed by atoms with E-state index in [2.05, 4.69) is 26.8 Å². The molecule has 2 rings (SSSR count). The molecule has 4 nitrogen and oxygen atoms in total. The summed E-state index contributed by atoms with van der Waals surface area (Å²) in [6.45, 7) is 6.59. The molecule has 0 radical (unpaired) electrons. The third kappa shape index (κ3) is 3.56. The average Bonchev–Trinajstić information content (AvgIpc) is 2.88. The second-order valence-electron chi connectivity index (χ2n) is 4.79. The Balaban J connectivity index is 1.94.